The van der Waals surface area contributed by atoms with Crippen LogP contribution in [0.1, 0.15) is 26.7 Å². The molecule has 0 aliphatic carbocycles. The van der Waals surface area contributed by atoms with Gasteiger partial charge in [0.1, 0.15) is 11.6 Å². The van der Waals surface area contributed by atoms with Crippen molar-refractivity contribution in [2.45, 2.75) is 32.2 Å². The lowest BCUT2D eigenvalue weighted by Gasteiger charge is -2.26. The van der Waals surface area contributed by atoms with Crippen LogP contribution < -0.4 is 15.2 Å². The summed E-state index contributed by atoms with van der Waals surface area (Å²) in [5.41, 5.74) is 5.76. The van der Waals surface area contributed by atoms with E-state index in [9.17, 15) is 0 Å². The molecule has 0 aromatic carbocycles. The van der Waals surface area contributed by atoms with Crippen molar-refractivity contribution in [1.29, 1.82) is 0 Å². The van der Waals surface area contributed by atoms with Crippen molar-refractivity contribution in [3.05, 3.63) is 11.2 Å². The molecule has 1 aromatic heterocycles. The third-order valence-electron chi connectivity index (χ3n) is 2.78. The highest BCUT2D eigenvalue weighted by atomic mass is 35.5. The van der Waals surface area contributed by atoms with Crippen LogP contribution in [0, 0.1) is 0 Å². The average molecular weight is 260 g/mol. The van der Waals surface area contributed by atoms with E-state index in [-0.39, 0.29) is 11.5 Å². The molecule has 0 aliphatic heterocycles. The minimum absolute atomic E-state index is 0.222. The fourth-order valence-corrected chi connectivity index (χ4v) is 1.35. The van der Waals surface area contributed by atoms with Crippen LogP contribution in [-0.4, -0.2) is 29.2 Å². The molecule has 0 amide bonds. The van der Waals surface area contributed by atoms with Gasteiger partial charge in [0.05, 0.1) is 13.3 Å². The molecule has 6 heteroatoms. The minimum Gasteiger partial charge on any atom is -0.474 e. The molecule has 2 N–H and O–H groups in total. The van der Waals surface area contributed by atoms with Crippen molar-refractivity contribution < 1.29 is 9.47 Å². The number of aromatic nitrogens is 2. The molecule has 1 heterocycles. The Morgan fingerprint density at radius 3 is 2.59 bits per heavy atom. The predicted molar refractivity (Wildman–Crippen MR) is 66.6 cm³/mol. The summed E-state index contributed by atoms with van der Waals surface area (Å²) in [6, 6.07) is 0.222. The normalized spacial score (nSPS) is 11.4. The second kappa shape index (κ2) is 6.02. The first kappa shape index (κ1) is 14.0. The van der Waals surface area contributed by atoms with E-state index in [4.69, 9.17) is 26.8 Å². The molecule has 0 unspecified atom stereocenters. The van der Waals surface area contributed by atoms with Gasteiger partial charge in [-0.1, -0.05) is 25.4 Å². The Kier molecular flexibility index (Phi) is 4.96. The lowest BCUT2D eigenvalue weighted by Crippen LogP contribution is -2.44. The molecule has 1 aromatic rings. The van der Waals surface area contributed by atoms with Crippen LogP contribution in [0.25, 0.3) is 0 Å². The van der Waals surface area contributed by atoms with Gasteiger partial charge < -0.3 is 15.2 Å². The van der Waals surface area contributed by atoms with Crippen LogP contribution in [-0.2, 0) is 0 Å². The molecule has 1 rings (SSSR count). The van der Waals surface area contributed by atoms with Gasteiger partial charge >= 0.3 is 6.01 Å². The minimum atomic E-state index is -0.360. The van der Waals surface area contributed by atoms with Crippen LogP contribution >= 0.6 is 11.6 Å². The molecule has 0 saturated carbocycles. The maximum Gasteiger partial charge on any atom is 0.319 e. The van der Waals surface area contributed by atoms with Gasteiger partial charge in [-0.15, -0.1) is 0 Å². The van der Waals surface area contributed by atoms with Gasteiger partial charge in [0.2, 0.25) is 5.88 Å². The van der Waals surface area contributed by atoms with Crippen LogP contribution in [0.4, 0.5) is 0 Å². The topological polar surface area (TPSA) is 70.3 Å². The second-order valence-corrected chi connectivity index (χ2v) is 4.28. The molecular weight excluding hydrogens is 242 g/mol. The molecule has 0 saturated heterocycles. The Balaban J connectivity index is 2.74. The summed E-state index contributed by atoms with van der Waals surface area (Å²) in [7, 11) is 1.48. The Bertz CT molecular complexity index is 370. The van der Waals surface area contributed by atoms with E-state index in [0.717, 1.165) is 12.8 Å². The smallest absolute Gasteiger partial charge is 0.319 e. The van der Waals surface area contributed by atoms with Crippen LogP contribution in [0.3, 0.4) is 0 Å². The monoisotopic (exact) mass is 259 g/mol. The van der Waals surface area contributed by atoms with Gasteiger partial charge in [0.25, 0.3) is 0 Å². The third-order valence-corrected chi connectivity index (χ3v) is 3.04. The Morgan fingerprint density at radius 1 is 1.41 bits per heavy atom. The van der Waals surface area contributed by atoms with Crippen molar-refractivity contribution in [2.24, 2.45) is 5.73 Å². The molecule has 0 fully saturated rings. The molecule has 0 spiro atoms. The number of hydrogen-bond acceptors (Lipinski definition) is 5. The van der Waals surface area contributed by atoms with E-state index in [2.05, 4.69) is 9.97 Å². The Hall–Kier alpha value is -1.07. The summed E-state index contributed by atoms with van der Waals surface area (Å²) in [6.07, 6.45) is 3.09. The molecule has 96 valence electrons. The van der Waals surface area contributed by atoms with E-state index in [1.54, 1.807) is 0 Å². The maximum absolute atomic E-state index is 6.12. The highest BCUT2D eigenvalue weighted by Gasteiger charge is 2.22. The van der Waals surface area contributed by atoms with Crippen molar-refractivity contribution in [3.8, 4) is 11.9 Å². The largest absolute Gasteiger partial charge is 0.474 e. The number of hydrogen-bond donors (Lipinski definition) is 1. The van der Waals surface area contributed by atoms with Crippen molar-refractivity contribution in [2.75, 3.05) is 13.7 Å². The number of methoxy groups -OCH3 is 1. The number of halogens is 1. The van der Waals surface area contributed by atoms with Crippen LogP contribution in [0.15, 0.2) is 6.20 Å². The lowest BCUT2D eigenvalue weighted by molar-refractivity contribution is 0.198. The number of ether oxygens (including phenoxy) is 2. The molecule has 5 nitrogen and oxygen atoms in total. The van der Waals surface area contributed by atoms with E-state index >= 15 is 0 Å². The van der Waals surface area contributed by atoms with E-state index in [1.807, 2.05) is 13.8 Å². The third kappa shape index (κ3) is 3.71. The maximum atomic E-state index is 6.12. The van der Waals surface area contributed by atoms with Gasteiger partial charge in [0.15, 0.2) is 0 Å². The summed E-state index contributed by atoms with van der Waals surface area (Å²) in [4.78, 5) is 7.89. The van der Waals surface area contributed by atoms with Crippen molar-refractivity contribution >= 4 is 11.6 Å². The first-order chi connectivity index (χ1) is 8.04. The van der Waals surface area contributed by atoms with Crippen LogP contribution in [0.2, 0.25) is 5.02 Å². The Labute approximate surface area is 106 Å². The zero-order valence-corrected chi connectivity index (χ0v) is 11.1. The number of rotatable bonds is 6. The molecule has 0 aliphatic rings. The van der Waals surface area contributed by atoms with Gasteiger partial charge in [-0.05, 0) is 12.8 Å². The highest BCUT2D eigenvalue weighted by Crippen LogP contribution is 2.24. The first-order valence-electron chi connectivity index (χ1n) is 5.53. The fourth-order valence-electron chi connectivity index (χ4n) is 1.20. The second-order valence-electron chi connectivity index (χ2n) is 3.87. The zero-order chi connectivity index (χ0) is 12.9. The summed E-state index contributed by atoms with van der Waals surface area (Å²) in [5, 5.41) is 0.348. The van der Waals surface area contributed by atoms with E-state index < -0.39 is 0 Å². The van der Waals surface area contributed by atoms with E-state index in [0.29, 0.717) is 17.5 Å². The van der Waals surface area contributed by atoms with E-state index in [1.165, 1.54) is 13.3 Å². The molecule has 0 radical (unpaired) electrons. The fraction of sp³-hybridized carbons (Fsp3) is 0.636. The molecular formula is C11H18ClN3O2. The van der Waals surface area contributed by atoms with Crippen LogP contribution in [0.5, 0.6) is 11.9 Å². The van der Waals surface area contributed by atoms with Gasteiger partial charge in [-0.2, -0.15) is 4.98 Å². The SMILES string of the molecule is CCC(N)(CC)COc1nc(OC)ncc1Cl. The summed E-state index contributed by atoms with van der Waals surface area (Å²) in [5.74, 6) is 0.301. The number of nitrogens with two attached hydrogens (primary N) is 1. The Morgan fingerprint density at radius 2 is 2.06 bits per heavy atom. The highest BCUT2D eigenvalue weighted by molar-refractivity contribution is 6.31. The van der Waals surface area contributed by atoms with Gasteiger partial charge in [0, 0.05) is 5.54 Å². The lowest BCUT2D eigenvalue weighted by atomic mass is 9.96. The summed E-state index contributed by atoms with van der Waals surface area (Å²) >= 11 is 5.92. The molecule has 17 heavy (non-hydrogen) atoms. The predicted octanol–water partition coefficient (Wildman–Crippen LogP) is 2.03. The average Bonchev–Trinajstić information content (AvgIpc) is 2.37. The van der Waals surface area contributed by atoms with Gasteiger partial charge in [-0.25, -0.2) is 4.98 Å². The molecule has 0 bridgehead atoms. The molecule has 0 atom stereocenters. The zero-order valence-electron chi connectivity index (χ0n) is 10.4. The summed E-state index contributed by atoms with van der Waals surface area (Å²) in [6.45, 7) is 4.41. The summed E-state index contributed by atoms with van der Waals surface area (Å²) < 4.78 is 10.4. The van der Waals surface area contributed by atoms with Gasteiger partial charge in [-0.3, -0.25) is 0 Å². The quantitative estimate of drug-likeness (QED) is 0.847. The van der Waals surface area contributed by atoms with Crippen molar-refractivity contribution in [3.63, 3.8) is 0 Å². The first-order valence-corrected chi connectivity index (χ1v) is 5.90. The van der Waals surface area contributed by atoms with Crippen molar-refractivity contribution in [1.82, 2.24) is 9.97 Å². The standard InChI is InChI=1S/C11H18ClN3O2/c1-4-11(13,5-2)7-17-9-8(12)6-14-10(15-9)16-3/h6H,4-5,7,13H2,1-3H3. The number of nitrogens with zero attached hydrogens (tertiary/aromatic N) is 2.